The Morgan fingerprint density at radius 1 is 1.00 bits per heavy atom. The van der Waals surface area contributed by atoms with Crippen molar-refractivity contribution in [2.75, 3.05) is 50.8 Å². The molecule has 182 valence electrons. The topological polar surface area (TPSA) is 70.2 Å². The molecule has 0 spiro atoms. The van der Waals surface area contributed by atoms with Gasteiger partial charge in [-0.2, -0.15) is 0 Å². The van der Waals surface area contributed by atoms with Gasteiger partial charge in [-0.3, -0.25) is 14.6 Å². The molecule has 8 heteroatoms. The Hall–Kier alpha value is -2.42. The van der Waals surface area contributed by atoms with Crippen LogP contribution in [0.4, 0.5) is 0 Å². The fourth-order valence-electron chi connectivity index (χ4n) is 5.21. The van der Waals surface area contributed by atoms with Crippen molar-refractivity contribution in [1.29, 1.82) is 0 Å². The van der Waals surface area contributed by atoms with Gasteiger partial charge in [0.25, 0.3) is 0 Å². The first-order chi connectivity index (χ1) is 16.4. The van der Waals surface area contributed by atoms with Crippen LogP contribution in [0.15, 0.2) is 48.5 Å². The Morgan fingerprint density at radius 2 is 1.76 bits per heavy atom. The molecule has 3 heterocycles. The average molecular weight is 484 g/mol. The first-order valence-corrected chi connectivity index (χ1v) is 14.0. The zero-order valence-electron chi connectivity index (χ0n) is 19.6. The van der Waals surface area contributed by atoms with Gasteiger partial charge in [0.15, 0.2) is 9.84 Å². The minimum atomic E-state index is -3.06. The standard InChI is InChI=1S/C26H33N3O4S/c30-26(29(18-21-4-2-1-3-5-21)24-9-15-34(31,32)20-24)19-28-12-10-27(11-13-28)17-22-6-7-25-23(16-22)8-14-33-25/h1-7,16,24H,8-15,17-20H2. The van der Waals surface area contributed by atoms with Crippen molar-refractivity contribution in [1.82, 2.24) is 14.7 Å². The number of hydrogen-bond donors (Lipinski definition) is 0. The number of fused-ring (bicyclic) bond motifs is 1. The molecule has 0 bridgehead atoms. The molecule has 2 aromatic carbocycles. The summed E-state index contributed by atoms with van der Waals surface area (Å²) in [5.74, 6) is 1.29. The monoisotopic (exact) mass is 483 g/mol. The minimum absolute atomic E-state index is 0.0259. The van der Waals surface area contributed by atoms with Gasteiger partial charge in [-0.05, 0) is 29.2 Å². The molecule has 0 N–H and O–H groups in total. The summed E-state index contributed by atoms with van der Waals surface area (Å²) in [6.45, 7) is 5.99. The number of hydrogen-bond acceptors (Lipinski definition) is 6. The zero-order chi connectivity index (χ0) is 23.5. The molecule has 2 saturated heterocycles. The third kappa shape index (κ3) is 5.62. The van der Waals surface area contributed by atoms with Crippen molar-refractivity contribution in [2.24, 2.45) is 0 Å². The van der Waals surface area contributed by atoms with Crippen LogP contribution in [-0.2, 0) is 34.1 Å². The Labute approximate surface area is 202 Å². The molecule has 1 atom stereocenters. The number of nitrogens with zero attached hydrogens (tertiary/aromatic N) is 3. The van der Waals surface area contributed by atoms with Crippen LogP contribution in [0.5, 0.6) is 5.75 Å². The van der Waals surface area contributed by atoms with Gasteiger partial charge in [0.1, 0.15) is 5.75 Å². The summed E-state index contributed by atoms with van der Waals surface area (Å²) >= 11 is 0. The molecule has 7 nitrogen and oxygen atoms in total. The van der Waals surface area contributed by atoms with E-state index in [2.05, 4.69) is 28.0 Å². The van der Waals surface area contributed by atoms with Crippen LogP contribution >= 0.6 is 0 Å². The summed E-state index contributed by atoms with van der Waals surface area (Å²) in [6.07, 6.45) is 1.52. The van der Waals surface area contributed by atoms with E-state index in [1.165, 1.54) is 11.1 Å². The lowest BCUT2D eigenvalue weighted by molar-refractivity contribution is -0.135. The second-order valence-corrected chi connectivity index (χ2v) is 11.9. The summed E-state index contributed by atoms with van der Waals surface area (Å²) < 4.78 is 29.8. The number of rotatable bonds is 7. The molecular formula is C26H33N3O4S. The largest absolute Gasteiger partial charge is 0.493 e. The predicted octanol–water partition coefficient (Wildman–Crippen LogP) is 1.95. The van der Waals surface area contributed by atoms with Crippen LogP contribution in [0.25, 0.3) is 0 Å². The van der Waals surface area contributed by atoms with E-state index < -0.39 is 9.84 Å². The van der Waals surface area contributed by atoms with E-state index in [4.69, 9.17) is 4.74 Å². The van der Waals surface area contributed by atoms with Crippen molar-refractivity contribution in [3.63, 3.8) is 0 Å². The van der Waals surface area contributed by atoms with Crippen molar-refractivity contribution in [2.45, 2.75) is 32.0 Å². The number of piperazine rings is 1. The molecular weight excluding hydrogens is 450 g/mol. The second-order valence-electron chi connectivity index (χ2n) is 9.66. The van der Waals surface area contributed by atoms with Crippen LogP contribution in [-0.4, -0.2) is 85.9 Å². The van der Waals surface area contributed by atoms with Crippen molar-refractivity contribution >= 4 is 15.7 Å². The van der Waals surface area contributed by atoms with Crippen LogP contribution in [0.1, 0.15) is 23.1 Å². The predicted molar refractivity (Wildman–Crippen MR) is 131 cm³/mol. The van der Waals surface area contributed by atoms with Gasteiger partial charge < -0.3 is 9.64 Å². The zero-order valence-corrected chi connectivity index (χ0v) is 20.4. The molecule has 1 unspecified atom stereocenters. The Balaban J connectivity index is 1.17. The molecule has 0 aliphatic carbocycles. The first kappa shape index (κ1) is 23.3. The molecule has 34 heavy (non-hydrogen) atoms. The quantitative estimate of drug-likeness (QED) is 0.600. The average Bonchev–Trinajstić information content (AvgIpc) is 3.44. The molecule has 0 saturated carbocycles. The molecule has 3 aliphatic rings. The van der Waals surface area contributed by atoms with Crippen molar-refractivity contribution < 1.29 is 17.9 Å². The van der Waals surface area contributed by atoms with Gasteiger partial charge in [-0.1, -0.05) is 42.5 Å². The summed E-state index contributed by atoms with van der Waals surface area (Å²) in [5, 5.41) is 0. The van der Waals surface area contributed by atoms with E-state index in [1.807, 2.05) is 30.3 Å². The van der Waals surface area contributed by atoms with Gasteiger partial charge in [0.2, 0.25) is 5.91 Å². The minimum Gasteiger partial charge on any atom is -0.493 e. The Kier molecular flexibility index (Phi) is 6.90. The van der Waals surface area contributed by atoms with E-state index >= 15 is 0 Å². The van der Waals surface area contributed by atoms with Crippen LogP contribution in [0.2, 0.25) is 0 Å². The molecule has 1 amide bonds. The van der Waals surface area contributed by atoms with Gasteiger partial charge in [-0.25, -0.2) is 8.42 Å². The third-order valence-corrected chi connectivity index (χ3v) is 8.90. The van der Waals surface area contributed by atoms with Crippen molar-refractivity contribution in [3.05, 3.63) is 65.2 Å². The maximum Gasteiger partial charge on any atom is 0.237 e. The number of sulfone groups is 1. The molecule has 3 aliphatic heterocycles. The summed E-state index contributed by atoms with van der Waals surface area (Å²) in [7, 11) is -3.06. The SMILES string of the molecule is O=C(CN1CCN(Cc2ccc3c(c2)CCO3)CC1)N(Cc1ccccc1)C1CCS(=O)(=O)C1. The number of benzene rings is 2. The van der Waals surface area contributed by atoms with E-state index in [1.54, 1.807) is 4.90 Å². The fraction of sp³-hybridized carbons (Fsp3) is 0.500. The highest BCUT2D eigenvalue weighted by Crippen LogP contribution is 2.26. The summed E-state index contributed by atoms with van der Waals surface area (Å²) in [4.78, 5) is 19.8. The number of carbonyl (C=O) groups excluding carboxylic acids is 1. The van der Waals surface area contributed by atoms with Crippen LogP contribution < -0.4 is 4.74 Å². The normalized spacial score (nSPS) is 22.3. The molecule has 2 aromatic rings. The molecule has 5 rings (SSSR count). The Bertz CT molecular complexity index is 1110. The number of amides is 1. The highest BCUT2D eigenvalue weighted by Gasteiger charge is 2.35. The van der Waals surface area contributed by atoms with Crippen LogP contribution in [0, 0.1) is 0 Å². The van der Waals surface area contributed by atoms with Gasteiger partial charge in [0.05, 0.1) is 24.7 Å². The maximum atomic E-state index is 13.4. The van der Waals surface area contributed by atoms with E-state index in [0.717, 1.165) is 57.1 Å². The number of carbonyl (C=O) groups is 1. The summed E-state index contributed by atoms with van der Waals surface area (Å²) in [6, 6.07) is 16.1. The van der Waals surface area contributed by atoms with Crippen molar-refractivity contribution in [3.8, 4) is 5.75 Å². The third-order valence-electron chi connectivity index (χ3n) is 7.15. The number of ether oxygens (including phenoxy) is 1. The fourth-order valence-corrected chi connectivity index (χ4v) is 6.94. The van der Waals surface area contributed by atoms with E-state index in [9.17, 15) is 13.2 Å². The van der Waals surface area contributed by atoms with E-state index in [-0.39, 0.29) is 23.5 Å². The summed E-state index contributed by atoms with van der Waals surface area (Å²) in [5.41, 5.74) is 3.64. The first-order valence-electron chi connectivity index (χ1n) is 12.2. The van der Waals surface area contributed by atoms with Crippen LogP contribution in [0.3, 0.4) is 0 Å². The maximum absolute atomic E-state index is 13.4. The van der Waals surface area contributed by atoms with Gasteiger partial charge >= 0.3 is 0 Å². The lowest BCUT2D eigenvalue weighted by Gasteiger charge is -2.36. The Morgan fingerprint density at radius 3 is 2.50 bits per heavy atom. The molecule has 0 radical (unpaired) electrons. The van der Waals surface area contributed by atoms with Gasteiger partial charge in [0, 0.05) is 51.7 Å². The second kappa shape index (κ2) is 10.1. The molecule has 0 aromatic heterocycles. The van der Waals surface area contributed by atoms with E-state index in [0.29, 0.717) is 19.5 Å². The lowest BCUT2D eigenvalue weighted by atomic mass is 10.1. The molecule has 2 fully saturated rings. The highest BCUT2D eigenvalue weighted by molar-refractivity contribution is 7.91. The smallest absolute Gasteiger partial charge is 0.237 e. The highest BCUT2D eigenvalue weighted by atomic mass is 32.2. The van der Waals surface area contributed by atoms with Gasteiger partial charge in [-0.15, -0.1) is 0 Å². The lowest BCUT2D eigenvalue weighted by Crippen LogP contribution is -2.51.